The molecule has 0 aliphatic carbocycles. The van der Waals surface area contributed by atoms with Crippen LogP contribution in [0.3, 0.4) is 0 Å². The molecule has 11 heteroatoms. The van der Waals surface area contributed by atoms with E-state index in [9.17, 15) is 13.7 Å². The number of hydrogen-bond acceptors (Lipinski definition) is 7. The number of sulfonamides is 1. The van der Waals surface area contributed by atoms with Crippen molar-refractivity contribution < 1.29 is 13.2 Å². The zero-order valence-corrected chi connectivity index (χ0v) is 23.7. The van der Waals surface area contributed by atoms with Gasteiger partial charge in [0.1, 0.15) is 12.7 Å². The number of nitrogens with one attached hydrogen (secondary N) is 1. The molecule has 1 fully saturated rings. The van der Waals surface area contributed by atoms with E-state index in [4.69, 9.17) is 27.9 Å². The molecule has 38 heavy (non-hydrogen) atoms. The topological polar surface area (TPSA) is 108 Å². The van der Waals surface area contributed by atoms with Crippen molar-refractivity contribution in [1.29, 1.82) is 5.26 Å². The zero-order chi connectivity index (χ0) is 27.5. The highest BCUT2D eigenvalue weighted by Crippen LogP contribution is 2.38. The first kappa shape index (κ1) is 28.1. The lowest BCUT2D eigenvalue weighted by Gasteiger charge is -2.39. The van der Waals surface area contributed by atoms with E-state index in [1.807, 2.05) is 29.2 Å². The molecule has 200 valence electrons. The maximum absolute atomic E-state index is 11.3. The molecule has 4 rings (SSSR count). The van der Waals surface area contributed by atoms with Gasteiger partial charge in [-0.25, -0.2) is 23.1 Å². The highest BCUT2D eigenvalue weighted by molar-refractivity contribution is 7.88. The van der Waals surface area contributed by atoms with Crippen LogP contribution in [0.1, 0.15) is 30.5 Å². The number of anilines is 1. The van der Waals surface area contributed by atoms with Gasteiger partial charge < -0.3 is 9.64 Å². The SMILES string of the molecule is CC(C)(c1ccc(-c2cnc(N3CC(CNS(C)(=O)=O)C3)nc2)cc1)c1cc(Cl)c(OCCCl)c(C#N)c1. The van der Waals surface area contributed by atoms with E-state index >= 15 is 0 Å². The number of nitriles is 1. The summed E-state index contributed by atoms with van der Waals surface area (Å²) in [5, 5.41) is 10.0. The van der Waals surface area contributed by atoms with Crippen LogP contribution < -0.4 is 14.4 Å². The molecule has 3 aromatic rings. The number of halogens is 2. The summed E-state index contributed by atoms with van der Waals surface area (Å²) >= 11 is 12.2. The highest BCUT2D eigenvalue weighted by atomic mass is 35.5. The maximum atomic E-state index is 11.3. The summed E-state index contributed by atoms with van der Waals surface area (Å²) < 4.78 is 30.6. The van der Waals surface area contributed by atoms with Crippen LogP contribution in [0.25, 0.3) is 11.1 Å². The molecule has 1 aliphatic rings. The first-order valence-electron chi connectivity index (χ1n) is 12.1. The van der Waals surface area contributed by atoms with E-state index in [0.29, 0.717) is 47.8 Å². The van der Waals surface area contributed by atoms with Gasteiger partial charge in [-0.1, -0.05) is 49.7 Å². The second-order valence-electron chi connectivity index (χ2n) is 9.85. The average Bonchev–Trinajstić information content (AvgIpc) is 2.86. The molecule has 0 bridgehead atoms. The second kappa shape index (κ2) is 11.5. The lowest BCUT2D eigenvalue weighted by Crippen LogP contribution is -2.52. The van der Waals surface area contributed by atoms with Crippen LogP contribution in [0, 0.1) is 17.2 Å². The molecular weight excluding hydrogens is 545 g/mol. The summed E-state index contributed by atoms with van der Waals surface area (Å²) in [6, 6.07) is 14.0. The summed E-state index contributed by atoms with van der Waals surface area (Å²) in [6.45, 7) is 6.28. The molecular formula is C27H29Cl2N5O3S. The van der Waals surface area contributed by atoms with Crippen LogP contribution in [0.5, 0.6) is 5.75 Å². The predicted molar refractivity (Wildman–Crippen MR) is 151 cm³/mol. The Labute approximate surface area is 233 Å². The number of rotatable bonds is 10. The Morgan fingerprint density at radius 2 is 1.79 bits per heavy atom. The van der Waals surface area contributed by atoms with Gasteiger partial charge in [-0.2, -0.15) is 5.26 Å². The smallest absolute Gasteiger partial charge is 0.225 e. The van der Waals surface area contributed by atoms with Crippen molar-refractivity contribution in [3.05, 3.63) is 70.5 Å². The predicted octanol–water partition coefficient (Wildman–Crippen LogP) is 4.60. The van der Waals surface area contributed by atoms with Gasteiger partial charge in [0, 0.05) is 48.9 Å². The Bertz CT molecular complexity index is 1430. The van der Waals surface area contributed by atoms with Crippen LogP contribution >= 0.6 is 23.2 Å². The van der Waals surface area contributed by atoms with Crippen molar-refractivity contribution in [2.24, 2.45) is 5.92 Å². The number of alkyl halides is 1. The molecule has 1 aromatic heterocycles. The highest BCUT2D eigenvalue weighted by Gasteiger charge is 2.29. The maximum Gasteiger partial charge on any atom is 0.225 e. The van der Waals surface area contributed by atoms with Crippen molar-refractivity contribution >= 4 is 39.2 Å². The summed E-state index contributed by atoms with van der Waals surface area (Å²) in [5.41, 5.74) is 3.79. The van der Waals surface area contributed by atoms with E-state index in [1.165, 1.54) is 0 Å². The standard InChI is InChI=1S/C27H29Cl2N5O3S/c1-27(2,23-10-20(12-30)25(24(29)11-23)37-9-8-28)22-6-4-19(5-7-22)21-14-31-26(32-15-21)34-16-18(17-34)13-33-38(3,35)36/h4-7,10-11,14-15,18,33H,8-9,13,16-17H2,1-3H3. The van der Waals surface area contributed by atoms with Gasteiger partial charge in [-0.3, -0.25) is 0 Å². The van der Waals surface area contributed by atoms with Crippen molar-refractivity contribution in [3.8, 4) is 22.9 Å². The van der Waals surface area contributed by atoms with Crippen LogP contribution in [0.2, 0.25) is 5.02 Å². The van der Waals surface area contributed by atoms with Crippen molar-refractivity contribution in [2.75, 3.05) is 43.3 Å². The molecule has 0 atom stereocenters. The monoisotopic (exact) mass is 573 g/mol. The first-order valence-corrected chi connectivity index (χ1v) is 14.9. The molecule has 0 saturated carbocycles. The van der Waals surface area contributed by atoms with Gasteiger partial charge in [0.2, 0.25) is 16.0 Å². The van der Waals surface area contributed by atoms with Crippen LogP contribution in [0.4, 0.5) is 5.95 Å². The van der Waals surface area contributed by atoms with Crippen molar-refractivity contribution in [3.63, 3.8) is 0 Å². The number of aromatic nitrogens is 2. The first-order chi connectivity index (χ1) is 18.0. The Kier molecular flexibility index (Phi) is 8.48. The minimum Gasteiger partial charge on any atom is -0.489 e. The molecule has 0 unspecified atom stereocenters. The third-order valence-corrected chi connectivity index (χ3v) is 7.79. The number of ether oxygens (including phenoxy) is 1. The molecule has 2 heterocycles. The van der Waals surface area contributed by atoms with E-state index in [-0.39, 0.29) is 12.5 Å². The van der Waals surface area contributed by atoms with Crippen LogP contribution in [-0.4, -0.2) is 56.8 Å². The van der Waals surface area contributed by atoms with E-state index in [2.05, 4.69) is 46.7 Å². The van der Waals surface area contributed by atoms with Gasteiger partial charge in [0.05, 0.1) is 22.7 Å². The molecule has 1 N–H and O–H groups in total. The van der Waals surface area contributed by atoms with Gasteiger partial charge in [0.15, 0.2) is 5.75 Å². The number of hydrogen-bond donors (Lipinski definition) is 1. The Hall–Kier alpha value is -2.90. The molecule has 2 aromatic carbocycles. The van der Waals surface area contributed by atoms with Crippen molar-refractivity contribution in [1.82, 2.24) is 14.7 Å². The fraction of sp³-hybridized carbons (Fsp3) is 0.370. The third-order valence-electron chi connectivity index (χ3n) is 6.66. The van der Waals surface area contributed by atoms with E-state index in [1.54, 1.807) is 12.4 Å². The third kappa shape index (κ3) is 6.38. The molecule has 0 radical (unpaired) electrons. The zero-order valence-electron chi connectivity index (χ0n) is 21.4. The van der Waals surface area contributed by atoms with E-state index in [0.717, 1.165) is 28.5 Å². The summed E-state index contributed by atoms with van der Waals surface area (Å²) in [4.78, 5) is 11.0. The Morgan fingerprint density at radius 1 is 1.13 bits per heavy atom. The lowest BCUT2D eigenvalue weighted by atomic mass is 9.77. The minimum atomic E-state index is -3.18. The van der Waals surface area contributed by atoms with Crippen LogP contribution in [-0.2, 0) is 15.4 Å². The average molecular weight is 575 g/mol. The molecule has 1 saturated heterocycles. The largest absolute Gasteiger partial charge is 0.489 e. The quantitative estimate of drug-likeness (QED) is 0.353. The molecule has 8 nitrogen and oxygen atoms in total. The summed E-state index contributed by atoms with van der Waals surface area (Å²) in [7, 11) is -3.18. The summed E-state index contributed by atoms with van der Waals surface area (Å²) in [6.07, 6.45) is 4.75. The minimum absolute atomic E-state index is 0.248. The molecule has 1 aliphatic heterocycles. The van der Waals surface area contributed by atoms with Gasteiger partial charge in [-0.15, -0.1) is 11.6 Å². The fourth-order valence-corrected chi connectivity index (χ4v) is 5.23. The van der Waals surface area contributed by atoms with Gasteiger partial charge in [-0.05, 0) is 28.8 Å². The van der Waals surface area contributed by atoms with Gasteiger partial charge in [0.25, 0.3) is 0 Å². The lowest BCUT2D eigenvalue weighted by molar-refractivity contribution is 0.341. The summed E-state index contributed by atoms with van der Waals surface area (Å²) in [5.74, 6) is 1.54. The number of benzene rings is 2. The van der Waals surface area contributed by atoms with Gasteiger partial charge >= 0.3 is 0 Å². The Morgan fingerprint density at radius 3 is 2.37 bits per heavy atom. The molecule has 0 amide bonds. The molecule has 0 spiro atoms. The number of nitrogens with zero attached hydrogens (tertiary/aromatic N) is 4. The van der Waals surface area contributed by atoms with Crippen molar-refractivity contribution in [2.45, 2.75) is 19.3 Å². The second-order valence-corrected chi connectivity index (χ2v) is 12.5. The van der Waals surface area contributed by atoms with E-state index < -0.39 is 15.4 Å². The van der Waals surface area contributed by atoms with Crippen LogP contribution in [0.15, 0.2) is 48.8 Å². The normalized spacial score (nSPS) is 14.2. The fourth-order valence-electron chi connectivity index (χ4n) is 4.34. The Balaban J connectivity index is 1.45.